The number of carbonyl (C=O) groups is 1. The molecule has 0 aliphatic heterocycles. The maximum atomic E-state index is 11.2. The summed E-state index contributed by atoms with van der Waals surface area (Å²) in [6.07, 6.45) is 0.593. The highest BCUT2D eigenvalue weighted by Crippen LogP contribution is 2.18. The largest absolute Gasteiger partial charge is 0.482 e. The molecule has 25 heavy (non-hydrogen) atoms. The fourth-order valence-corrected chi connectivity index (χ4v) is 2.83. The SMILES string of the molecule is CCOC(=O)COc1ccc(CC(=N)SCc2ccccc2)cc1.[N]. The van der Waals surface area contributed by atoms with Gasteiger partial charge in [-0.25, -0.2) is 4.79 Å². The van der Waals surface area contributed by atoms with Crippen molar-refractivity contribution in [1.29, 1.82) is 5.41 Å². The van der Waals surface area contributed by atoms with Crippen molar-refractivity contribution in [2.75, 3.05) is 13.2 Å². The number of nitrogens with one attached hydrogen (secondary N) is 1. The molecule has 0 aliphatic carbocycles. The van der Waals surface area contributed by atoms with Crippen molar-refractivity contribution in [3.63, 3.8) is 0 Å². The summed E-state index contributed by atoms with van der Waals surface area (Å²) in [6, 6.07) is 17.6. The standard InChI is InChI=1S/C19H21NO3S.N/c1-2-22-19(21)13-23-17-10-8-15(9-11-17)12-18(20)24-14-16-6-4-3-5-7-16;/h3-11,20H,2,12-14H2,1H3;. The van der Waals surface area contributed by atoms with E-state index in [-0.39, 0.29) is 18.7 Å². The summed E-state index contributed by atoms with van der Waals surface area (Å²) in [4.78, 5) is 11.2. The Morgan fingerprint density at radius 2 is 1.72 bits per heavy atom. The van der Waals surface area contributed by atoms with Gasteiger partial charge in [0.1, 0.15) is 5.75 Å². The number of ether oxygens (including phenoxy) is 2. The van der Waals surface area contributed by atoms with Crippen molar-refractivity contribution in [3.8, 4) is 5.75 Å². The van der Waals surface area contributed by atoms with Gasteiger partial charge in [0.2, 0.25) is 0 Å². The quantitative estimate of drug-likeness (QED) is 0.444. The average molecular weight is 357 g/mol. The topological polar surface area (TPSA) is 89.9 Å². The van der Waals surface area contributed by atoms with E-state index in [0.29, 0.717) is 23.8 Å². The Morgan fingerprint density at radius 1 is 1.04 bits per heavy atom. The molecule has 131 valence electrons. The van der Waals surface area contributed by atoms with E-state index in [1.54, 1.807) is 6.92 Å². The monoisotopic (exact) mass is 357 g/mol. The zero-order chi connectivity index (χ0) is 17.2. The molecule has 0 amide bonds. The number of thioether (sulfide) groups is 1. The molecule has 1 N–H and O–H groups in total. The number of hydrogen-bond donors (Lipinski definition) is 1. The Balaban J connectivity index is 0.00000312. The number of benzene rings is 2. The molecule has 0 saturated heterocycles. The van der Waals surface area contributed by atoms with Gasteiger partial charge in [-0.2, -0.15) is 0 Å². The normalized spacial score (nSPS) is 9.80. The molecule has 5 nitrogen and oxygen atoms in total. The first-order valence-electron chi connectivity index (χ1n) is 7.79. The summed E-state index contributed by atoms with van der Waals surface area (Å²) in [7, 11) is 0. The second-order valence-electron chi connectivity index (χ2n) is 5.11. The first-order chi connectivity index (χ1) is 11.7. The number of hydrogen-bond acceptors (Lipinski definition) is 5. The predicted molar refractivity (Wildman–Crippen MR) is 99.9 cm³/mol. The first-order valence-corrected chi connectivity index (χ1v) is 8.77. The van der Waals surface area contributed by atoms with Crippen LogP contribution in [0.2, 0.25) is 0 Å². The minimum absolute atomic E-state index is 0. The van der Waals surface area contributed by atoms with Crippen molar-refractivity contribution in [3.05, 3.63) is 65.7 Å². The molecule has 0 heterocycles. The Kier molecular flexibility index (Phi) is 9.36. The van der Waals surface area contributed by atoms with Crippen molar-refractivity contribution >= 4 is 22.8 Å². The third-order valence-corrected chi connectivity index (χ3v) is 4.18. The molecule has 0 aromatic heterocycles. The van der Waals surface area contributed by atoms with Crippen LogP contribution >= 0.6 is 11.8 Å². The third-order valence-electron chi connectivity index (χ3n) is 3.21. The van der Waals surface area contributed by atoms with E-state index in [4.69, 9.17) is 14.9 Å². The molecule has 0 bridgehead atoms. The molecule has 2 aromatic carbocycles. The van der Waals surface area contributed by atoms with Crippen molar-refractivity contribution in [1.82, 2.24) is 6.15 Å². The van der Waals surface area contributed by atoms with Gasteiger partial charge in [-0.1, -0.05) is 42.5 Å². The molecule has 0 unspecified atom stereocenters. The first kappa shape index (κ1) is 20.7. The van der Waals surface area contributed by atoms with Crippen LogP contribution in [0.5, 0.6) is 5.75 Å². The van der Waals surface area contributed by atoms with Gasteiger partial charge in [-0.3, -0.25) is 5.41 Å². The maximum absolute atomic E-state index is 11.2. The van der Waals surface area contributed by atoms with Crippen molar-refractivity contribution < 1.29 is 14.3 Å². The van der Waals surface area contributed by atoms with Crippen LogP contribution < -0.4 is 10.9 Å². The Morgan fingerprint density at radius 3 is 2.36 bits per heavy atom. The van der Waals surface area contributed by atoms with E-state index < -0.39 is 0 Å². The maximum Gasteiger partial charge on any atom is 0.344 e. The van der Waals surface area contributed by atoms with Crippen LogP contribution in [0.25, 0.3) is 0 Å². The van der Waals surface area contributed by atoms with Gasteiger partial charge in [0, 0.05) is 18.3 Å². The van der Waals surface area contributed by atoms with Crippen LogP contribution in [-0.4, -0.2) is 24.2 Å². The Bertz CT molecular complexity index is 660. The second-order valence-corrected chi connectivity index (χ2v) is 6.18. The molecule has 0 fully saturated rings. The summed E-state index contributed by atoms with van der Waals surface area (Å²) in [6.45, 7) is 2.03. The lowest BCUT2D eigenvalue weighted by molar-refractivity contribution is -0.145. The molecule has 2 rings (SSSR count). The van der Waals surface area contributed by atoms with E-state index in [2.05, 4.69) is 12.1 Å². The van der Waals surface area contributed by atoms with E-state index in [1.807, 2.05) is 42.5 Å². The van der Waals surface area contributed by atoms with Crippen LogP contribution in [0.1, 0.15) is 18.1 Å². The lowest BCUT2D eigenvalue weighted by Gasteiger charge is -2.07. The summed E-state index contributed by atoms with van der Waals surface area (Å²) in [5.74, 6) is 1.05. The highest BCUT2D eigenvalue weighted by molar-refractivity contribution is 8.13. The second kappa shape index (κ2) is 11.3. The fraction of sp³-hybridized carbons (Fsp3) is 0.263. The average Bonchev–Trinajstić information content (AvgIpc) is 2.60. The minimum Gasteiger partial charge on any atom is -0.482 e. The van der Waals surface area contributed by atoms with Gasteiger partial charge >= 0.3 is 5.97 Å². The fourth-order valence-electron chi connectivity index (χ4n) is 2.03. The molecule has 0 aliphatic rings. The molecule has 2 aromatic rings. The van der Waals surface area contributed by atoms with E-state index in [9.17, 15) is 4.79 Å². The van der Waals surface area contributed by atoms with Crippen molar-refractivity contribution in [2.24, 2.45) is 0 Å². The zero-order valence-electron chi connectivity index (χ0n) is 14.1. The van der Waals surface area contributed by atoms with Gasteiger partial charge in [-0.05, 0) is 30.2 Å². The summed E-state index contributed by atoms with van der Waals surface area (Å²) in [5, 5.41) is 8.71. The molecule has 0 spiro atoms. The van der Waals surface area contributed by atoms with Gasteiger partial charge in [0.15, 0.2) is 6.61 Å². The number of esters is 1. The highest BCUT2D eigenvalue weighted by Gasteiger charge is 2.05. The number of rotatable bonds is 8. The minimum atomic E-state index is -0.374. The summed E-state index contributed by atoms with van der Waals surface area (Å²) < 4.78 is 10.2. The number of nitrogens with zero attached hydrogens (tertiary/aromatic N) is 1. The molecular weight excluding hydrogens is 336 g/mol. The summed E-state index contributed by atoms with van der Waals surface area (Å²) >= 11 is 1.54. The van der Waals surface area contributed by atoms with Gasteiger partial charge in [0.05, 0.1) is 11.7 Å². The van der Waals surface area contributed by atoms with E-state index in [1.165, 1.54) is 17.3 Å². The van der Waals surface area contributed by atoms with Gasteiger partial charge in [-0.15, -0.1) is 11.8 Å². The van der Waals surface area contributed by atoms with Crippen LogP contribution in [0.4, 0.5) is 0 Å². The molecular formula is C19H21N2O3S. The summed E-state index contributed by atoms with van der Waals surface area (Å²) in [5.41, 5.74) is 2.26. The van der Waals surface area contributed by atoms with E-state index >= 15 is 0 Å². The van der Waals surface area contributed by atoms with Crippen molar-refractivity contribution in [2.45, 2.75) is 19.1 Å². The Labute approximate surface area is 152 Å². The lowest BCUT2D eigenvalue weighted by Crippen LogP contribution is -2.14. The van der Waals surface area contributed by atoms with Crippen LogP contribution in [0, 0.1) is 5.41 Å². The van der Waals surface area contributed by atoms with E-state index in [0.717, 1.165) is 11.3 Å². The van der Waals surface area contributed by atoms with Crippen LogP contribution in [0.3, 0.4) is 0 Å². The van der Waals surface area contributed by atoms with Crippen LogP contribution in [-0.2, 0) is 21.7 Å². The molecule has 6 heteroatoms. The highest BCUT2D eigenvalue weighted by atomic mass is 32.2. The molecule has 3 radical (unpaired) electrons. The predicted octanol–water partition coefficient (Wildman–Crippen LogP) is 3.60. The van der Waals surface area contributed by atoms with Crippen LogP contribution in [0.15, 0.2) is 54.6 Å². The smallest absolute Gasteiger partial charge is 0.344 e. The lowest BCUT2D eigenvalue weighted by atomic mass is 10.1. The van der Waals surface area contributed by atoms with Gasteiger partial charge < -0.3 is 9.47 Å². The third kappa shape index (κ3) is 7.87. The Hall–Kier alpha value is -2.31. The molecule has 0 atom stereocenters. The molecule has 0 saturated carbocycles. The number of carbonyl (C=O) groups excluding carboxylic acids is 1. The zero-order valence-corrected chi connectivity index (χ0v) is 14.9. The van der Waals surface area contributed by atoms with Gasteiger partial charge in [0.25, 0.3) is 0 Å².